The summed E-state index contributed by atoms with van der Waals surface area (Å²) in [6.45, 7) is 0. The molecule has 6 heteroatoms. The smallest absolute Gasteiger partial charge is 0.243 e. The van der Waals surface area contributed by atoms with Gasteiger partial charge in [0.25, 0.3) is 0 Å². The second-order valence-electron chi connectivity index (χ2n) is 4.96. The fourth-order valence-corrected chi connectivity index (χ4v) is 2.11. The van der Waals surface area contributed by atoms with Gasteiger partial charge in [-0.1, -0.05) is 35.5 Å². The molecule has 1 atom stereocenters. The Morgan fingerprint density at radius 3 is 2.76 bits per heavy atom. The van der Waals surface area contributed by atoms with Crippen LogP contribution >= 0.6 is 0 Å². The van der Waals surface area contributed by atoms with Crippen LogP contribution in [0.2, 0.25) is 0 Å². The van der Waals surface area contributed by atoms with E-state index in [1.165, 1.54) is 5.56 Å². The Morgan fingerprint density at radius 2 is 2.05 bits per heavy atom. The van der Waals surface area contributed by atoms with E-state index in [0.29, 0.717) is 17.4 Å². The van der Waals surface area contributed by atoms with Crippen LogP contribution in [0.1, 0.15) is 23.9 Å². The first kappa shape index (κ1) is 13.5. The zero-order valence-corrected chi connectivity index (χ0v) is 11.8. The average molecular weight is 283 g/mol. The third-order valence-electron chi connectivity index (χ3n) is 3.29. The molecule has 21 heavy (non-hydrogen) atoms. The van der Waals surface area contributed by atoms with Crippen molar-refractivity contribution in [1.82, 2.24) is 19.9 Å². The predicted molar refractivity (Wildman–Crippen MR) is 78.2 cm³/mol. The minimum absolute atomic E-state index is 0.268. The van der Waals surface area contributed by atoms with Crippen LogP contribution in [0, 0.1) is 0 Å². The van der Waals surface area contributed by atoms with Crippen LogP contribution < -0.4 is 5.73 Å². The lowest BCUT2D eigenvalue weighted by atomic mass is 10.1. The molecule has 0 amide bonds. The maximum atomic E-state index is 6.12. The second-order valence-corrected chi connectivity index (χ2v) is 4.96. The maximum Gasteiger partial charge on any atom is 0.243 e. The molecule has 3 rings (SSSR count). The monoisotopic (exact) mass is 283 g/mol. The molecular weight excluding hydrogens is 266 g/mol. The Balaban J connectivity index is 1.65. The third kappa shape index (κ3) is 3.17. The molecule has 0 saturated carbocycles. The molecule has 0 fully saturated rings. The molecule has 1 unspecified atom stereocenters. The number of hydrogen-bond acceptors (Lipinski definition) is 5. The summed E-state index contributed by atoms with van der Waals surface area (Å²) >= 11 is 0. The van der Waals surface area contributed by atoms with Gasteiger partial charge >= 0.3 is 0 Å². The van der Waals surface area contributed by atoms with Gasteiger partial charge in [-0.3, -0.25) is 4.68 Å². The summed E-state index contributed by atoms with van der Waals surface area (Å²) in [6.07, 6.45) is 3.47. The fraction of sp³-hybridized carbons (Fsp3) is 0.267. The van der Waals surface area contributed by atoms with Crippen molar-refractivity contribution >= 4 is 0 Å². The molecule has 0 aliphatic heterocycles. The lowest BCUT2D eigenvalue weighted by Gasteiger charge is -2.06. The Hall–Kier alpha value is -2.47. The molecule has 0 spiro atoms. The fourth-order valence-electron chi connectivity index (χ4n) is 2.11. The number of nitrogens with zero attached hydrogens (tertiary/aromatic N) is 4. The highest BCUT2D eigenvalue weighted by Crippen LogP contribution is 2.19. The van der Waals surface area contributed by atoms with E-state index < -0.39 is 0 Å². The van der Waals surface area contributed by atoms with Crippen molar-refractivity contribution in [2.45, 2.75) is 18.9 Å². The van der Waals surface area contributed by atoms with Crippen LogP contribution in [0.5, 0.6) is 0 Å². The zero-order valence-electron chi connectivity index (χ0n) is 11.8. The van der Waals surface area contributed by atoms with Crippen molar-refractivity contribution in [2.75, 3.05) is 0 Å². The first-order valence-corrected chi connectivity index (χ1v) is 6.85. The summed E-state index contributed by atoms with van der Waals surface area (Å²) in [5, 5.41) is 8.17. The van der Waals surface area contributed by atoms with E-state index in [4.69, 9.17) is 10.3 Å². The number of benzene rings is 1. The Bertz CT molecular complexity index is 704. The first-order valence-electron chi connectivity index (χ1n) is 6.85. The summed E-state index contributed by atoms with van der Waals surface area (Å²) in [4.78, 5) is 4.33. The zero-order chi connectivity index (χ0) is 14.7. The van der Waals surface area contributed by atoms with Crippen LogP contribution in [0.15, 0.2) is 47.1 Å². The van der Waals surface area contributed by atoms with E-state index in [9.17, 15) is 0 Å². The Labute approximate surface area is 122 Å². The number of aryl methyl sites for hydroxylation is 2. The topological polar surface area (TPSA) is 82.8 Å². The first-order chi connectivity index (χ1) is 10.2. The number of hydrogen-bond donors (Lipinski definition) is 1. The molecule has 2 aromatic heterocycles. The van der Waals surface area contributed by atoms with Crippen molar-refractivity contribution in [1.29, 1.82) is 0 Å². The number of aromatic nitrogens is 4. The molecule has 3 aromatic rings. The molecule has 2 heterocycles. The molecule has 1 aromatic carbocycles. The highest BCUT2D eigenvalue weighted by molar-refractivity contribution is 5.46. The molecule has 0 aliphatic carbocycles. The highest BCUT2D eigenvalue weighted by Gasteiger charge is 2.16. The van der Waals surface area contributed by atoms with Crippen molar-refractivity contribution in [3.63, 3.8) is 0 Å². The van der Waals surface area contributed by atoms with E-state index in [1.54, 1.807) is 4.68 Å². The van der Waals surface area contributed by atoms with E-state index in [0.717, 1.165) is 12.8 Å². The normalized spacial score (nSPS) is 12.5. The maximum absolute atomic E-state index is 6.12. The minimum Gasteiger partial charge on any atom is -0.337 e. The predicted octanol–water partition coefficient (Wildman–Crippen LogP) is 2.10. The Morgan fingerprint density at radius 1 is 1.24 bits per heavy atom. The van der Waals surface area contributed by atoms with Gasteiger partial charge < -0.3 is 10.3 Å². The van der Waals surface area contributed by atoms with Gasteiger partial charge in [0.15, 0.2) is 0 Å². The lowest BCUT2D eigenvalue weighted by Crippen LogP contribution is -2.11. The van der Waals surface area contributed by atoms with Crippen LogP contribution in [0.4, 0.5) is 0 Å². The minimum atomic E-state index is -0.268. The van der Waals surface area contributed by atoms with Crippen molar-refractivity contribution in [2.24, 2.45) is 12.8 Å². The molecule has 0 bridgehead atoms. The van der Waals surface area contributed by atoms with E-state index in [-0.39, 0.29) is 6.04 Å². The summed E-state index contributed by atoms with van der Waals surface area (Å²) in [5.41, 5.74) is 8.05. The molecular formula is C15H17N5O. The quantitative estimate of drug-likeness (QED) is 0.775. The third-order valence-corrected chi connectivity index (χ3v) is 3.29. The molecule has 0 saturated heterocycles. The van der Waals surface area contributed by atoms with Gasteiger partial charge in [-0.15, -0.1) is 0 Å². The van der Waals surface area contributed by atoms with Crippen molar-refractivity contribution in [3.8, 4) is 11.5 Å². The number of nitrogens with two attached hydrogens (primary N) is 1. The van der Waals surface area contributed by atoms with Gasteiger partial charge in [-0.2, -0.15) is 10.1 Å². The van der Waals surface area contributed by atoms with Gasteiger partial charge in [-0.05, 0) is 24.5 Å². The standard InChI is InChI=1S/C15H17N5O/c1-20-10-9-13(18-20)14-17-15(21-19-14)12(16)8-7-11-5-3-2-4-6-11/h2-6,9-10,12H,7-8,16H2,1H3. The Kier molecular flexibility index (Phi) is 3.79. The van der Waals surface area contributed by atoms with E-state index in [2.05, 4.69) is 27.4 Å². The van der Waals surface area contributed by atoms with Crippen LogP contribution in [-0.4, -0.2) is 19.9 Å². The summed E-state index contributed by atoms with van der Waals surface area (Å²) < 4.78 is 6.94. The average Bonchev–Trinajstić information content (AvgIpc) is 3.14. The molecule has 6 nitrogen and oxygen atoms in total. The molecule has 0 aliphatic rings. The van der Waals surface area contributed by atoms with Gasteiger partial charge in [0.05, 0.1) is 6.04 Å². The second kappa shape index (κ2) is 5.88. The van der Waals surface area contributed by atoms with Crippen LogP contribution in [0.3, 0.4) is 0 Å². The van der Waals surface area contributed by atoms with Crippen molar-refractivity contribution in [3.05, 3.63) is 54.0 Å². The lowest BCUT2D eigenvalue weighted by molar-refractivity contribution is 0.349. The molecule has 2 N–H and O–H groups in total. The van der Waals surface area contributed by atoms with Gasteiger partial charge in [0.2, 0.25) is 11.7 Å². The molecule has 108 valence electrons. The van der Waals surface area contributed by atoms with Crippen LogP contribution in [0.25, 0.3) is 11.5 Å². The summed E-state index contributed by atoms with van der Waals surface area (Å²) in [5.74, 6) is 0.923. The highest BCUT2D eigenvalue weighted by atomic mass is 16.5. The summed E-state index contributed by atoms with van der Waals surface area (Å²) in [7, 11) is 1.84. The van der Waals surface area contributed by atoms with Gasteiger partial charge in [-0.25, -0.2) is 0 Å². The van der Waals surface area contributed by atoms with Crippen LogP contribution in [-0.2, 0) is 13.5 Å². The van der Waals surface area contributed by atoms with Gasteiger partial charge in [0, 0.05) is 13.2 Å². The number of rotatable bonds is 5. The van der Waals surface area contributed by atoms with E-state index >= 15 is 0 Å². The summed E-state index contributed by atoms with van der Waals surface area (Å²) in [6, 6.07) is 11.8. The SMILES string of the molecule is Cn1ccc(-c2noc(C(N)CCc3ccccc3)n2)n1. The largest absolute Gasteiger partial charge is 0.337 e. The van der Waals surface area contributed by atoms with E-state index in [1.807, 2.05) is 37.5 Å². The molecule has 0 radical (unpaired) electrons. The van der Waals surface area contributed by atoms with Gasteiger partial charge in [0.1, 0.15) is 5.69 Å². The van der Waals surface area contributed by atoms with Crippen molar-refractivity contribution < 1.29 is 4.52 Å².